The van der Waals surface area contributed by atoms with Gasteiger partial charge in [0.1, 0.15) is 36.0 Å². The van der Waals surface area contributed by atoms with Gasteiger partial charge in [0.25, 0.3) is 0 Å². The summed E-state index contributed by atoms with van der Waals surface area (Å²) in [7, 11) is 0. The lowest BCUT2D eigenvalue weighted by atomic mass is 10.0. The predicted octanol–water partition coefficient (Wildman–Crippen LogP) is -1.14. The van der Waals surface area contributed by atoms with Gasteiger partial charge in [0, 0.05) is 41.4 Å². The Morgan fingerprint density at radius 2 is 1.33 bits per heavy atom. The van der Waals surface area contributed by atoms with Crippen LogP contribution in [-0.2, 0) is 41.6 Å². The van der Waals surface area contributed by atoms with E-state index in [1.807, 2.05) is 24.3 Å². The molecule has 0 aliphatic rings. The largest absolute Gasteiger partial charge is 0.508 e. The Labute approximate surface area is 328 Å². The Kier molecular flexibility index (Phi) is 17.8. The van der Waals surface area contributed by atoms with Crippen LogP contribution in [0.2, 0.25) is 0 Å². The van der Waals surface area contributed by atoms with Gasteiger partial charge in [-0.25, -0.2) is 4.79 Å². The van der Waals surface area contributed by atoms with Crippen molar-refractivity contribution < 1.29 is 44.1 Å². The molecule has 0 saturated heterocycles. The molecule has 0 aliphatic carbocycles. The highest BCUT2D eigenvalue weighted by atomic mass is 32.1. The summed E-state index contributed by atoms with van der Waals surface area (Å²) >= 11 is 8.00. The van der Waals surface area contributed by atoms with E-state index in [1.54, 1.807) is 18.3 Å². The van der Waals surface area contributed by atoms with Crippen LogP contribution in [0.3, 0.4) is 0 Å². The molecule has 0 fully saturated rings. The second kappa shape index (κ2) is 21.9. The minimum atomic E-state index is -1.60. The van der Waals surface area contributed by atoms with E-state index >= 15 is 0 Å². The third-order valence-corrected chi connectivity index (χ3v) is 9.47. The lowest BCUT2D eigenvalue weighted by Crippen LogP contribution is -2.61. The number of aromatic hydroxyl groups is 1. The molecule has 19 heteroatoms. The number of aliphatic hydroxyl groups is 1. The van der Waals surface area contributed by atoms with Crippen molar-refractivity contribution in [2.45, 2.75) is 81.4 Å². The number of hydrogen-bond acceptors (Lipinski definition) is 12. The molecule has 1 heterocycles. The van der Waals surface area contributed by atoms with Gasteiger partial charge in [-0.1, -0.05) is 30.3 Å². The Balaban J connectivity index is 1.95. The number of fused-ring (bicyclic) bond motifs is 1. The zero-order chi connectivity index (χ0) is 40.7. The maximum Gasteiger partial charge on any atom is 0.327 e. The number of para-hydroxylation sites is 1. The van der Waals surface area contributed by atoms with E-state index in [9.17, 15) is 44.1 Å². The topological polar surface area (TPSA) is 291 Å². The standard InChI is InChI=1S/C36H50N8O9S2/c1-19(45)30(35(51)43-29(18-55)36(52)53)44-32(48)26(8-4-5-13-37)40-34(50)28(15-21-16-39-25-7-3-2-6-23(21)25)42-33(49)27(41-31(47)24(38)17-54)14-20-9-11-22(46)12-10-20/h2-3,6-7,9-12,16,19,24,26-30,39,45-46,54-55H,4-5,8,13-15,17-18,37-38H2,1H3,(H,40,50)(H,41,47)(H,42,49)(H,43,51)(H,44,48)(H,52,53)/t19-,24+,26+,27+,28+,29+,30+/m1/s1. The molecule has 1 aromatic heterocycles. The Bertz CT molecular complexity index is 1780. The number of benzene rings is 2. The van der Waals surface area contributed by atoms with Crippen LogP contribution in [0.15, 0.2) is 54.7 Å². The molecule has 0 aliphatic heterocycles. The number of rotatable bonds is 22. The number of phenols is 1. The number of amides is 5. The van der Waals surface area contributed by atoms with Crippen molar-refractivity contribution in [3.05, 3.63) is 65.9 Å². The molecule has 5 amide bonds. The number of carbonyl (C=O) groups excluding carboxylic acids is 5. The molecule has 0 spiro atoms. The number of carbonyl (C=O) groups is 6. The summed E-state index contributed by atoms with van der Waals surface area (Å²) in [5.74, 6) is -5.69. The van der Waals surface area contributed by atoms with Gasteiger partial charge >= 0.3 is 5.97 Å². The van der Waals surface area contributed by atoms with Crippen molar-refractivity contribution in [1.82, 2.24) is 31.6 Å². The van der Waals surface area contributed by atoms with Crippen LogP contribution < -0.4 is 38.1 Å². The van der Waals surface area contributed by atoms with Gasteiger partial charge in [-0.05, 0) is 62.1 Å². The van der Waals surface area contributed by atoms with Crippen molar-refractivity contribution in [3.63, 3.8) is 0 Å². The zero-order valence-electron chi connectivity index (χ0n) is 30.2. The number of carboxylic acids is 1. The fourth-order valence-electron chi connectivity index (χ4n) is 5.58. The van der Waals surface area contributed by atoms with Crippen molar-refractivity contribution in [3.8, 4) is 5.75 Å². The first-order valence-electron chi connectivity index (χ1n) is 17.6. The number of aliphatic hydroxyl groups excluding tert-OH is 1. The average Bonchev–Trinajstić information content (AvgIpc) is 3.57. The highest BCUT2D eigenvalue weighted by Crippen LogP contribution is 2.20. The zero-order valence-corrected chi connectivity index (χ0v) is 32.0. The number of phenolic OH excluding ortho intramolecular Hbond substituents is 1. The van der Waals surface area contributed by atoms with Gasteiger partial charge in [0.2, 0.25) is 29.5 Å². The van der Waals surface area contributed by atoms with Gasteiger partial charge in [-0.2, -0.15) is 25.3 Å². The number of carboxylic acid groups (broad SMARTS) is 1. The fourth-order valence-corrected chi connectivity index (χ4v) is 5.99. The summed E-state index contributed by atoms with van der Waals surface area (Å²) in [4.78, 5) is 82.4. The first kappa shape index (κ1) is 44.6. The van der Waals surface area contributed by atoms with Crippen LogP contribution in [0.1, 0.15) is 37.3 Å². The maximum atomic E-state index is 14.2. The summed E-state index contributed by atoms with van der Waals surface area (Å²) in [5.41, 5.74) is 13.6. The fraction of sp³-hybridized carbons (Fsp3) is 0.444. The van der Waals surface area contributed by atoms with Crippen LogP contribution in [0.25, 0.3) is 10.9 Å². The molecule has 3 rings (SSSR count). The van der Waals surface area contributed by atoms with Gasteiger partial charge in [-0.3, -0.25) is 24.0 Å². The van der Waals surface area contributed by atoms with E-state index in [-0.39, 0.29) is 43.1 Å². The number of aliphatic carboxylic acids is 1. The minimum absolute atomic E-state index is 0.00564. The van der Waals surface area contributed by atoms with Crippen LogP contribution in [0, 0.1) is 0 Å². The number of H-pyrrole nitrogens is 1. The van der Waals surface area contributed by atoms with E-state index in [0.717, 1.165) is 10.9 Å². The molecule has 3 aromatic rings. The Hall–Kier alpha value is -4.82. The molecular weight excluding hydrogens is 753 g/mol. The van der Waals surface area contributed by atoms with Crippen molar-refractivity contribution in [1.29, 1.82) is 0 Å². The summed E-state index contributed by atoms with van der Waals surface area (Å²) in [5, 5.41) is 42.9. The predicted molar refractivity (Wildman–Crippen MR) is 211 cm³/mol. The number of thiol groups is 2. The monoisotopic (exact) mass is 802 g/mol. The number of aromatic nitrogens is 1. The van der Waals surface area contributed by atoms with E-state index in [1.165, 1.54) is 19.1 Å². The lowest BCUT2D eigenvalue weighted by molar-refractivity contribution is -0.142. The molecule has 17 nitrogen and oxygen atoms in total. The van der Waals surface area contributed by atoms with Gasteiger partial charge in [-0.15, -0.1) is 0 Å². The molecule has 0 bridgehead atoms. The van der Waals surface area contributed by atoms with Crippen LogP contribution in [0.5, 0.6) is 5.75 Å². The minimum Gasteiger partial charge on any atom is -0.508 e. The molecule has 0 saturated carbocycles. The van der Waals surface area contributed by atoms with E-state index in [4.69, 9.17) is 11.5 Å². The van der Waals surface area contributed by atoms with Crippen molar-refractivity contribution in [2.75, 3.05) is 18.1 Å². The molecule has 55 heavy (non-hydrogen) atoms. The quantitative estimate of drug-likeness (QED) is 0.0426. The number of nitrogens with two attached hydrogens (primary N) is 2. The highest BCUT2D eigenvalue weighted by molar-refractivity contribution is 7.80. The van der Waals surface area contributed by atoms with E-state index in [0.29, 0.717) is 24.0 Å². The highest BCUT2D eigenvalue weighted by Gasteiger charge is 2.34. The number of unbranched alkanes of at least 4 members (excludes halogenated alkanes) is 1. The van der Waals surface area contributed by atoms with Crippen LogP contribution in [0.4, 0.5) is 0 Å². The third kappa shape index (κ3) is 13.5. The summed E-state index contributed by atoms with van der Waals surface area (Å²) < 4.78 is 0. The van der Waals surface area contributed by atoms with Gasteiger partial charge < -0.3 is 58.4 Å². The van der Waals surface area contributed by atoms with Gasteiger partial charge in [0.05, 0.1) is 12.1 Å². The normalized spacial score (nSPS) is 15.0. The number of nitrogens with one attached hydrogen (secondary N) is 6. The lowest BCUT2D eigenvalue weighted by Gasteiger charge is -2.28. The number of aromatic amines is 1. The molecule has 0 radical (unpaired) electrons. The SMILES string of the molecule is C[C@@H](O)[C@H](NC(=O)[C@H](CCCCN)NC(=O)[C@H](Cc1c[nH]c2ccccc12)NC(=O)[C@H](Cc1ccc(O)cc1)NC(=O)[C@@H](N)CS)C(=O)N[C@@H](CS)C(=O)O. The molecule has 300 valence electrons. The average molecular weight is 803 g/mol. The summed E-state index contributed by atoms with van der Waals surface area (Å²) in [6.45, 7) is 1.51. The molecule has 7 atom stereocenters. The molecule has 0 unspecified atom stereocenters. The van der Waals surface area contributed by atoms with Crippen LogP contribution in [-0.4, -0.2) is 116 Å². The Morgan fingerprint density at radius 1 is 0.745 bits per heavy atom. The Morgan fingerprint density at radius 3 is 1.93 bits per heavy atom. The second-order valence-corrected chi connectivity index (χ2v) is 13.7. The van der Waals surface area contributed by atoms with Crippen molar-refractivity contribution >= 4 is 71.7 Å². The first-order valence-corrected chi connectivity index (χ1v) is 18.9. The van der Waals surface area contributed by atoms with Gasteiger partial charge in [0.15, 0.2) is 0 Å². The smallest absolute Gasteiger partial charge is 0.327 e. The maximum absolute atomic E-state index is 14.2. The van der Waals surface area contributed by atoms with Crippen LogP contribution >= 0.6 is 25.3 Å². The summed E-state index contributed by atoms with van der Waals surface area (Å²) in [6, 6.07) is 5.39. The molecular formula is C36H50N8O9S2. The third-order valence-electron chi connectivity index (χ3n) is 8.71. The number of hydrogen-bond donors (Lipinski definition) is 13. The van der Waals surface area contributed by atoms with E-state index in [2.05, 4.69) is 56.8 Å². The summed E-state index contributed by atoms with van der Waals surface area (Å²) in [6.07, 6.45) is 1.01. The first-order chi connectivity index (χ1) is 26.2. The van der Waals surface area contributed by atoms with Crippen molar-refractivity contribution in [2.24, 2.45) is 11.5 Å². The second-order valence-electron chi connectivity index (χ2n) is 13.0. The molecule has 13 N–H and O–H groups in total. The van der Waals surface area contributed by atoms with E-state index < -0.39 is 77.9 Å². The molecule has 2 aromatic carbocycles.